The summed E-state index contributed by atoms with van der Waals surface area (Å²) in [7, 11) is 4.24. The maximum absolute atomic E-state index is 12.3. The van der Waals surface area contributed by atoms with Crippen LogP contribution in [0.5, 0.6) is 0 Å². The number of nitrogens with zero attached hydrogens (tertiary/aromatic N) is 6. The van der Waals surface area contributed by atoms with E-state index < -0.39 is 0 Å². The molecule has 0 bridgehead atoms. The molecule has 1 saturated heterocycles. The van der Waals surface area contributed by atoms with Gasteiger partial charge in [-0.05, 0) is 45.1 Å². The maximum Gasteiger partial charge on any atom is 0.324 e. The summed E-state index contributed by atoms with van der Waals surface area (Å²) in [6.45, 7) is 5.80. The third-order valence-electron chi connectivity index (χ3n) is 6.36. The molecular formula is C26H31N9O2S. The molecule has 3 aromatic heterocycles. The van der Waals surface area contributed by atoms with Crippen LogP contribution in [0.2, 0.25) is 0 Å². The van der Waals surface area contributed by atoms with Crippen molar-refractivity contribution < 1.29 is 9.32 Å². The van der Waals surface area contributed by atoms with E-state index in [1.807, 2.05) is 50.4 Å². The molecule has 1 unspecified atom stereocenters. The largest absolute Gasteiger partial charge is 0.359 e. The number of hydrogen-bond donors (Lipinski definition) is 3. The molecular weight excluding hydrogens is 502 g/mol. The molecule has 0 radical (unpaired) electrons. The number of anilines is 5. The SMILES string of the molecule is CCc1cc(NC(=O)Nc2ccc(-c3cnc(Nc4cc(N5CCC(N(C)C)C5)nc(C)n4)s3)cc2)no1. The minimum Gasteiger partial charge on any atom is -0.359 e. The summed E-state index contributed by atoms with van der Waals surface area (Å²) in [5, 5.41) is 13.4. The summed E-state index contributed by atoms with van der Waals surface area (Å²) in [5.74, 6) is 3.47. The van der Waals surface area contributed by atoms with Gasteiger partial charge in [-0.2, -0.15) is 0 Å². The zero-order valence-corrected chi connectivity index (χ0v) is 22.7. The van der Waals surface area contributed by atoms with E-state index in [4.69, 9.17) is 4.52 Å². The van der Waals surface area contributed by atoms with Crippen LogP contribution in [0.4, 0.5) is 33.1 Å². The van der Waals surface area contributed by atoms with Gasteiger partial charge >= 0.3 is 6.03 Å². The lowest BCUT2D eigenvalue weighted by atomic mass is 10.2. The predicted molar refractivity (Wildman–Crippen MR) is 150 cm³/mol. The Morgan fingerprint density at radius 2 is 1.97 bits per heavy atom. The van der Waals surface area contributed by atoms with Crippen LogP contribution in [0, 0.1) is 6.92 Å². The Morgan fingerprint density at radius 1 is 1.16 bits per heavy atom. The fourth-order valence-electron chi connectivity index (χ4n) is 4.26. The number of thiazole rings is 1. The molecule has 4 heterocycles. The average Bonchev–Trinajstić information content (AvgIpc) is 3.65. The van der Waals surface area contributed by atoms with Gasteiger partial charge in [0.15, 0.2) is 10.9 Å². The summed E-state index contributed by atoms with van der Waals surface area (Å²) in [6.07, 6.45) is 3.66. The third kappa shape index (κ3) is 6.09. The molecule has 1 fully saturated rings. The van der Waals surface area contributed by atoms with Crippen molar-refractivity contribution in [3.05, 3.63) is 54.2 Å². The minimum absolute atomic E-state index is 0.379. The molecule has 198 valence electrons. The monoisotopic (exact) mass is 533 g/mol. The number of rotatable bonds is 8. The summed E-state index contributed by atoms with van der Waals surface area (Å²) >= 11 is 1.53. The smallest absolute Gasteiger partial charge is 0.324 e. The van der Waals surface area contributed by atoms with Crippen molar-refractivity contribution in [1.82, 2.24) is 25.0 Å². The molecule has 11 nitrogen and oxygen atoms in total. The molecule has 38 heavy (non-hydrogen) atoms. The van der Waals surface area contributed by atoms with Crippen molar-refractivity contribution in [2.24, 2.45) is 0 Å². The number of hydrogen-bond acceptors (Lipinski definition) is 10. The Hall–Kier alpha value is -4.03. The number of carbonyl (C=O) groups is 1. The number of benzene rings is 1. The van der Waals surface area contributed by atoms with Crippen LogP contribution in [0.25, 0.3) is 10.4 Å². The number of amides is 2. The Kier molecular flexibility index (Phi) is 7.52. The Bertz CT molecular complexity index is 1400. The van der Waals surface area contributed by atoms with Gasteiger partial charge in [-0.1, -0.05) is 35.5 Å². The van der Waals surface area contributed by atoms with Crippen molar-refractivity contribution in [2.75, 3.05) is 48.0 Å². The molecule has 3 N–H and O–H groups in total. The second-order valence-corrected chi connectivity index (χ2v) is 10.4. The van der Waals surface area contributed by atoms with E-state index in [2.05, 4.69) is 60.0 Å². The normalized spacial score (nSPS) is 15.2. The lowest BCUT2D eigenvalue weighted by Gasteiger charge is -2.21. The number of aryl methyl sites for hydroxylation is 2. The van der Waals surface area contributed by atoms with Crippen LogP contribution in [0.1, 0.15) is 24.9 Å². The summed E-state index contributed by atoms with van der Waals surface area (Å²) in [6, 6.07) is 11.4. The van der Waals surface area contributed by atoms with Gasteiger partial charge in [-0.3, -0.25) is 5.32 Å². The highest BCUT2D eigenvalue weighted by molar-refractivity contribution is 7.18. The fraction of sp³-hybridized carbons (Fsp3) is 0.346. The third-order valence-corrected chi connectivity index (χ3v) is 7.32. The van der Waals surface area contributed by atoms with Crippen LogP contribution in [-0.2, 0) is 6.42 Å². The van der Waals surface area contributed by atoms with Gasteiger partial charge < -0.3 is 25.0 Å². The molecule has 0 saturated carbocycles. The van der Waals surface area contributed by atoms with Gasteiger partial charge in [0.05, 0.1) is 4.88 Å². The fourth-order valence-corrected chi connectivity index (χ4v) is 5.09. The molecule has 0 aliphatic carbocycles. The van der Waals surface area contributed by atoms with Crippen molar-refractivity contribution in [2.45, 2.75) is 32.7 Å². The summed E-state index contributed by atoms with van der Waals surface area (Å²) < 4.78 is 5.10. The highest BCUT2D eigenvalue weighted by Gasteiger charge is 2.25. The second-order valence-electron chi connectivity index (χ2n) is 9.35. The number of nitrogens with one attached hydrogen (secondary N) is 3. The van der Waals surface area contributed by atoms with Crippen LogP contribution in [0.3, 0.4) is 0 Å². The van der Waals surface area contributed by atoms with Gasteiger partial charge in [0, 0.05) is 49.6 Å². The summed E-state index contributed by atoms with van der Waals surface area (Å²) in [5.41, 5.74) is 1.66. The van der Waals surface area contributed by atoms with Crippen molar-refractivity contribution in [1.29, 1.82) is 0 Å². The Morgan fingerprint density at radius 3 is 2.68 bits per heavy atom. The summed E-state index contributed by atoms with van der Waals surface area (Å²) in [4.78, 5) is 31.6. The first-order valence-electron chi connectivity index (χ1n) is 12.5. The molecule has 2 amide bonds. The standard InChI is InChI=1S/C26H31N9O2S/c1-5-20-12-23(33-37-20)31-25(36)30-18-8-6-17(7-9-18)21-14-27-26(38-21)32-22-13-24(29-16(2)28-22)35-11-10-19(15-35)34(3)4/h6-9,12-14,19H,5,10-11,15H2,1-4H3,(H,27,28,29,32)(H2,30,31,33,36). The van der Waals surface area contributed by atoms with Gasteiger partial charge in [0.1, 0.15) is 23.2 Å². The van der Waals surface area contributed by atoms with E-state index >= 15 is 0 Å². The number of aromatic nitrogens is 4. The van der Waals surface area contributed by atoms with Crippen molar-refractivity contribution in [3.63, 3.8) is 0 Å². The van der Waals surface area contributed by atoms with Crippen molar-refractivity contribution in [3.8, 4) is 10.4 Å². The first kappa shape index (κ1) is 25.6. The Balaban J connectivity index is 1.21. The van der Waals surface area contributed by atoms with E-state index in [-0.39, 0.29) is 6.03 Å². The number of likely N-dealkylation sites (N-methyl/N-ethyl adjacent to an activating group) is 1. The van der Waals surface area contributed by atoms with E-state index in [1.54, 1.807) is 6.07 Å². The second kappa shape index (κ2) is 11.2. The molecule has 0 spiro atoms. The molecule has 4 aromatic rings. The molecule has 1 atom stereocenters. The highest BCUT2D eigenvalue weighted by atomic mass is 32.1. The van der Waals surface area contributed by atoms with Crippen LogP contribution < -0.4 is 20.9 Å². The highest BCUT2D eigenvalue weighted by Crippen LogP contribution is 2.32. The van der Waals surface area contributed by atoms with Crippen molar-refractivity contribution >= 4 is 45.6 Å². The van der Waals surface area contributed by atoms with Gasteiger partial charge in [0.25, 0.3) is 0 Å². The van der Waals surface area contributed by atoms with E-state index in [9.17, 15) is 4.79 Å². The first-order chi connectivity index (χ1) is 18.4. The minimum atomic E-state index is -0.386. The van der Waals surface area contributed by atoms with Gasteiger partial charge in [-0.15, -0.1) is 0 Å². The zero-order valence-electron chi connectivity index (χ0n) is 21.9. The maximum atomic E-state index is 12.3. The van der Waals surface area contributed by atoms with E-state index in [0.717, 1.165) is 52.5 Å². The Labute approximate surface area is 225 Å². The van der Waals surface area contributed by atoms with Gasteiger partial charge in [-0.25, -0.2) is 19.7 Å². The molecule has 1 aliphatic heterocycles. The van der Waals surface area contributed by atoms with Crippen LogP contribution >= 0.6 is 11.3 Å². The first-order valence-corrected chi connectivity index (χ1v) is 13.3. The lowest BCUT2D eigenvalue weighted by molar-refractivity contribution is 0.262. The number of urea groups is 1. The molecule has 5 rings (SSSR count). The van der Waals surface area contributed by atoms with Crippen LogP contribution in [0.15, 0.2) is 47.1 Å². The predicted octanol–water partition coefficient (Wildman–Crippen LogP) is 4.99. The molecule has 1 aromatic carbocycles. The van der Waals surface area contributed by atoms with E-state index in [1.165, 1.54) is 11.3 Å². The van der Waals surface area contributed by atoms with Gasteiger partial charge in [0.2, 0.25) is 0 Å². The van der Waals surface area contributed by atoms with E-state index in [0.29, 0.717) is 29.7 Å². The lowest BCUT2D eigenvalue weighted by Crippen LogP contribution is -2.31. The van der Waals surface area contributed by atoms with Crippen LogP contribution in [-0.4, -0.2) is 64.3 Å². The quantitative estimate of drug-likeness (QED) is 0.287. The topological polar surface area (TPSA) is 124 Å². The zero-order chi connectivity index (χ0) is 26.6. The number of carbonyl (C=O) groups excluding carboxylic acids is 1. The molecule has 1 aliphatic rings. The average molecular weight is 534 g/mol. The molecule has 12 heteroatoms.